The van der Waals surface area contributed by atoms with Gasteiger partial charge in [0, 0.05) is 13.1 Å². The number of morpholine rings is 1. The summed E-state index contributed by atoms with van der Waals surface area (Å²) < 4.78 is 10.9. The van der Waals surface area contributed by atoms with Gasteiger partial charge in [-0.1, -0.05) is 32.9 Å². The number of hydrogen-bond donors (Lipinski definition) is 0. The highest BCUT2D eigenvalue weighted by Gasteiger charge is 2.17. The first-order valence-corrected chi connectivity index (χ1v) is 7.51. The lowest BCUT2D eigenvalue weighted by Crippen LogP contribution is -2.42. The smallest absolute Gasteiger partial charge is 0.260 e. The Hall–Kier alpha value is -1.55. The van der Waals surface area contributed by atoms with Crippen molar-refractivity contribution in [3.63, 3.8) is 0 Å². The van der Waals surface area contributed by atoms with Gasteiger partial charge in [0.2, 0.25) is 0 Å². The zero-order chi connectivity index (χ0) is 15.3. The molecule has 116 valence electrons. The van der Waals surface area contributed by atoms with Crippen LogP contribution >= 0.6 is 0 Å². The molecule has 1 aromatic rings. The number of rotatable bonds is 4. The van der Waals surface area contributed by atoms with Crippen molar-refractivity contribution in [1.82, 2.24) is 4.90 Å². The third kappa shape index (κ3) is 5.38. The molecule has 0 saturated carbocycles. The normalized spacial score (nSPS) is 15.9. The molecule has 1 saturated heterocycles. The summed E-state index contributed by atoms with van der Waals surface area (Å²) in [6, 6.07) is 8.01. The van der Waals surface area contributed by atoms with E-state index in [2.05, 4.69) is 26.8 Å². The molecule has 1 fully saturated rings. The van der Waals surface area contributed by atoms with Crippen LogP contribution in [0.5, 0.6) is 5.75 Å². The standard InChI is InChI=1S/C17H25NO3/c1-17(2,3)12-14-5-4-6-15(11-14)21-13-16(19)18-7-9-20-10-8-18/h4-6,11H,7-10,12-13H2,1-3H3. The van der Waals surface area contributed by atoms with Gasteiger partial charge in [-0.25, -0.2) is 0 Å². The summed E-state index contributed by atoms with van der Waals surface area (Å²) in [4.78, 5) is 13.8. The summed E-state index contributed by atoms with van der Waals surface area (Å²) in [6.45, 7) is 9.28. The van der Waals surface area contributed by atoms with E-state index < -0.39 is 0 Å². The van der Waals surface area contributed by atoms with Gasteiger partial charge in [-0.3, -0.25) is 4.79 Å². The molecule has 1 amide bonds. The molecule has 0 bridgehead atoms. The fraction of sp³-hybridized carbons (Fsp3) is 0.588. The minimum atomic E-state index is 0.0273. The van der Waals surface area contributed by atoms with E-state index in [4.69, 9.17) is 9.47 Å². The first-order valence-electron chi connectivity index (χ1n) is 7.51. The van der Waals surface area contributed by atoms with Crippen molar-refractivity contribution in [3.05, 3.63) is 29.8 Å². The molecule has 4 nitrogen and oxygen atoms in total. The maximum absolute atomic E-state index is 12.0. The second-order valence-corrected chi connectivity index (χ2v) is 6.67. The molecule has 1 aromatic carbocycles. The van der Waals surface area contributed by atoms with Crippen LogP contribution in [0.4, 0.5) is 0 Å². The highest BCUT2D eigenvalue weighted by atomic mass is 16.5. The first kappa shape index (κ1) is 15.8. The molecule has 4 heteroatoms. The molecule has 0 aromatic heterocycles. The van der Waals surface area contributed by atoms with Crippen LogP contribution in [0.25, 0.3) is 0 Å². The van der Waals surface area contributed by atoms with E-state index >= 15 is 0 Å². The molecule has 0 aliphatic carbocycles. The molecule has 2 rings (SSSR count). The van der Waals surface area contributed by atoms with Crippen LogP contribution in [-0.2, 0) is 16.0 Å². The lowest BCUT2D eigenvalue weighted by Gasteiger charge is -2.26. The Morgan fingerprint density at radius 2 is 2.00 bits per heavy atom. The lowest BCUT2D eigenvalue weighted by molar-refractivity contribution is -0.137. The third-order valence-corrected chi connectivity index (χ3v) is 3.36. The zero-order valence-corrected chi connectivity index (χ0v) is 13.2. The average molecular weight is 291 g/mol. The number of carbonyl (C=O) groups is 1. The van der Waals surface area contributed by atoms with Crippen molar-refractivity contribution in [2.75, 3.05) is 32.9 Å². The number of amides is 1. The maximum Gasteiger partial charge on any atom is 0.260 e. The molecule has 1 aliphatic heterocycles. The SMILES string of the molecule is CC(C)(C)Cc1cccc(OCC(=O)N2CCOCC2)c1. The van der Waals surface area contributed by atoms with Gasteiger partial charge >= 0.3 is 0 Å². The molecule has 0 N–H and O–H groups in total. The summed E-state index contributed by atoms with van der Waals surface area (Å²) in [5.41, 5.74) is 1.47. The number of nitrogens with zero attached hydrogens (tertiary/aromatic N) is 1. The van der Waals surface area contributed by atoms with Crippen LogP contribution in [0.1, 0.15) is 26.3 Å². The molecular weight excluding hydrogens is 266 g/mol. The molecule has 0 spiro atoms. The van der Waals surface area contributed by atoms with Crippen molar-refractivity contribution < 1.29 is 14.3 Å². The molecule has 0 unspecified atom stereocenters. The molecular formula is C17H25NO3. The van der Waals surface area contributed by atoms with Gasteiger partial charge in [0.25, 0.3) is 5.91 Å². The number of ether oxygens (including phenoxy) is 2. The third-order valence-electron chi connectivity index (χ3n) is 3.36. The zero-order valence-electron chi connectivity index (χ0n) is 13.2. The quantitative estimate of drug-likeness (QED) is 0.855. The van der Waals surface area contributed by atoms with Crippen molar-refractivity contribution >= 4 is 5.91 Å². The Morgan fingerprint density at radius 3 is 2.67 bits per heavy atom. The van der Waals surface area contributed by atoms with Crippen LogP contribution < -0.4 is 4.74 Å². The summed E-state index contributed by atoms with van der Waals surface area (Å²) in [7, 11) is 0. The minimum absolute atomic E-state index is 0.0273. The van der Waals surface area contributed by atoms with Crippen molar-refractivity contribution in [3.8, 4) is 5.75 Å². The topological polar surface area (TPSA) is 38.8 Å². The van der Waals surface area contributed by atoms with Crippen LogP contribution in [-0.4, -0.2) is 43.7 Å². The van der Waals surface area contributed by atoms with Crippen LogP contribution in [0.15, 0.2) is 24.3 Å². The summed E-state index contributed by atoms with van der Waals surface area (Å²) in [5, 5.41) is 0. The van der Waals surface area contributed by atoms with Crippen LogP contribution in [0.2, 0.25) is 0 Å². The summed E-state index contributed by atoms with van der Waals surface area (Å²) in [5.74, 6) is 0.790. The Kier molecular flexibility index (Phi) is 5.23. The predicted octanol–water partition coefficient (Wildman–Crippen LogP) is 2.51. The predicted molar refractivity (Wildman–Crippen MR) is 82.5 cm³/mol. The monoisotopic (exact) mass is 291 g/mol. The van der Waals surface area contributed by atoms with E-state index in [0.29, 0.717) is 26.3 Å². The fourth-order valence-corrected chi connectivity index (χ4v) is 2.41. The van der Waals surface area contributed by atoms with Gasteiger partial charge in [0.1, 0.15) is 5.75 Å². The van der Waals surface area contributed by atoms with E-state index in [9.17, 15) is 4.79 Å². The minimum Gasteiger partial charge on any atom is -0.484 e. The molecule has 1 aliphatic rings. The number of hydrogen-bond acceptors (Lipinski definition) is 3. The molecule has 21 heavy (non-hydrogen) atoms. The fourth-order valence-electron chi connectivity index (χ4n) is 2.41. The summed E-state index contributed by atoms with van der Waals surface area (Å²) >= 11 is 0. The van der Waals surface area contributed by atoms with E-state index in [0.717, 1.165) is 12.2 Å². The second kappa shape index (κ2) is 6.94. The average Bonchev–Trinajstić information content (AvgIpc) is 2.44. The van der Waals surface area contributed by atoms with E-state index in [1.807, 2.05) is 18.2 Å². The van der Waals surface area contributed by atoms with Gasteiger partial charge in [0.15, 0.2) is 6.61 Å². The van der Waals surface area contributed by atoms with Gasteiger partial charge in [-0.05, 0) is 29.5 Å². The molecule has 0 radical (unpaired) electrons. The van der Waals surface area contributed by atoms with Crippen LogP contribution in [0, 0.1) is 5.41 Å². The van der Waals surface area contributed by atoms with Gasteiger partial charge in [-0.2, -0.15) is 0 Å². The molecule has 1 heterocycles. The Balaban J connectivity index is 1.87. The number of carbonyl (C=O) groups excluding carboxylic acids is 1. The highest BCUT2D eigenvalue weighted by molar-refractivity contribution is 5.77. The van der Waals surface area contributed by atoms with Gasteiger partial charge in [0.05, 0.1) is 13.2 Å². The van der Waals surface area contributed by atoms with Gasteiger partial charge in [-0.15, -0.1) is 0 Å². The summed E-state index contributed by atoms with van der Waals surface area (Å²) in [6.07, 6.45) is 0.988. The Labute approximate surface area is 127 Å². The van der Waals surface area contributed by atoms with E-state index in [1.54, 1.807) is 4.90 Å². The van der Waals surface area contributed by atoms with E-state index in [-0.39, 0.29) is 17.9 Å². The van der Waals surface area contributed by atoms with Crippen LogP contribution in [0.3, 0.4) is 0 Å². The largest absolute Gasteiger partial charge is 0.484 e. The number of benzene rings is 1. The van der Waals surface area contributed by atoms with Crippen molar-refractivity contribution in [2.24, 2.45) is 5.41 Å². The lowest BCUT2D eigenvalue weighted by atomic mass is 9.88. The maximum atomic E-state index is 12.0. The van der Waals surface area contributed by atoms with Gasteiger partial charge < -0.3 is 14.4 Å². The highest BCUT2D eigenvalue weighted by Crippen LogP contribution is 2.23. The van der Waals surface area contributed by atoms with Crippen molar-refractivity contribution in [2.45, 2.75) is 27.2 Å². The Morgan fingerprint density at radius 1 is 1.29 bits per heavy atom. The van der Waals surface area contributed by atoms with E-state index in [1.165, 1.54) is 5.56 Å². The second-order valence-electron chi connectivity index (χ2n) is 6.67. The van der Waals surface area contributed by atoms with Crippen molar-refractivity contribution in [1.29, 1.82) is 0 Å². The molecule has 0 atom stereocenters. The first-order chi connectivity index (χ1) is 9.94. The Bertz CT molecular complexity index is 473.